The van der Waals surface area contributed by atoms with Gasteiger partial charge in [0.25, 0.3) is 0 Å². The molecule has 2 aliphatic heterocycles. The van der Waals surface area contributed by atoms with Crippen LogP contribution in [0, 0.1) is 13.8 Å². The molecular weight excluding hydrogens is 434 g/mol. The van der Waals surface area contributed by atoms with Gasteiger partial charge >= 0.3 is 5.97 Å². The van der Waals surface area contributed by atoms with E-state index < -0.39 is 0 Å². The van der Waals surface area contributed by atoms with Crippen molar-refractivity contribution in [3.63, 3.8) is 0 Å². The molecule has 1 saturated heterocycles. The molecule has 176 valence electrons. The van der Waals surface area contributed by atoms with E-state index in [0.717, 1.165) is 54.1 Å². The van der Waals surface area contributed by atoms with Crippen molar-refractivity contribution in [3.05, 3.63) is 64.2 Å². The lowest BCUT2D eigenvalue weighted by molar-refractivity contribution is -0.132. The van der Waals surface area contributed by atoms with E-state index in [1.165, 1.54) is 11.9 Å². The summed E-state index contributed by atoms with van der Waals surface area (Å²) >= 11 is 0. The molecule has 4 heterocycles. The van der Waals surface area contributed by atoms with Crippen molar-refractivity contribution in [3.8, 4) is 5.69 Å². The average Bonchev–Trinajstić information content (AvgIpc) is 3.51. The molecular formula is C24H27N7O3. The van der Waals surface area contributed by atoms with E-state index in [9.17, 15) is 9.59 Å². The van der Waals surface area contributed by atoms with Crippen molar-refractivity contribution in [2.75, 3.05) is 32.7 Å². The molecule has 5 rings (SSSR count). The van der Waals surface area contributed by atoms with E-state index in [0.29, 0.717) is 25.3 Å². The molecule has 0 bridgehead atoms. The van der Waals surface area contributed by atoms with Crippen LogP contribution in [0.25, 0.3) is 5.69 Å². The Morgan fingerprint density at radius 3 is 2.71 bits per heavy atom. The standard InChI is InChI=1S/C24H27N7O3/c1-16-11-19(31-15-26-27-28-31)13-25-22(16)12-23(32)30-9-7-29(8-10-30)6-5-18-3-4-20-21(17(18)2)14-34-24(20)33/h3-4,11,13,15H,5-10,12,14H2,1-2H3. The van der Waals surface area contributed by atoms with Crippen LogP contribution in [0.2, 0.25) is 0 Å². The van der Waals surface area contributed by atoms with Crippen LogP contribution in [-0.4, -0.2) is 79.6 Å². The summed E-state index contributed by atoms with van der Waals surface area (Å²) in [5, 5.41) is 11.2. The Labute approximate surface area is 197 Å². The van der Waals surface area contributed by atoms with Gasteiger partial charge in [-0.2, -0.15) is 4.68 Å². The first-order chi connectivity index (χ1) is 16.5. The Bertz CT molecular complexity index is 1220. The van der Waals surface area contributed by atoms with E-state index in [4.69, 9.17) is 4.74 Å². The third-order valence-corrected chi connectivity index (χ3v) is 6.80. The molecule has 0 N–H and O–H groups in total. The second kappa shape index (κ2) is 9.30. The van der Waals surface area contributed by atoms with Gasteiger partial charge in [0.05, 0.1) is 29.6 Å². The molecule has 0 unspecified atom stereocenters. The Hall–Kier alpha value is -3.66. The number of rotatable bonds is 6. The molecule has 0 spiro atoms. The molecule has 2 aromatic heterocycles. The topological polar surface area (TPSA) is 106 Å². The van der Waals surface area contributed by atoms with E-state index >= 15 is 0 Å². The monoisotopic (exact) mass is 461 g/mol. The van der Waals surface area contributed by atoms with Crippen LogP contribution >= 0.6 is 0 Å². The minimum atomic E-state index is -0.223. The third-order valence-electron chi connectivity index (χ3n) is 6.80. The number of cyclic esters (lactones) is 1. The molecule has 1 amide bonds. The number of aryl methyl sites for hydroxylation is 1. The van der Waals surface area contributed by atoms with Crippen molar-refractivity contribution in [2.45, 2.75) is 33.3 Å². The molecule has 0 radical (unpaired) electrons. The predicted octanol–water partition coefficient (Wildman–Crippen LogP) is 1.27. The summed E-state index contributed by atoms with van der Waals surface area (Å²) in [6.45, 7) is 8.45. The van der Waals surface area contributed by atoms with Gasteiger partial charge in [-0.15, -0.1) is 5.10 Å². The summed E-state index contributed by atoms with van der Waals surface area (Å²) in [4.78, 5) is 33.4. The highest BCUT2D eigenvalue weighted by Crippen LogP contribution is 2.26. The van der Waals surface area contributed by atoms with Crippen molar-refractivity contribution in [1.82, 2.24) is 35.0 Å². The number of hydrogen-bond acceptors (Lipinski definition) is 8. The second-order valence-corrected chi connectivity index (χ2v) is 8.81. The number of ether oxygens (including phenoxy) is 1. The first-order valence-corrected chi connectivity index (χ1v) is 11.5. The lowest BCUT2D eigenvalue weighted by Gasteiger charge is -2.35. The molecule has 2 aliphatic rings. The van der Waals surface area contributed by atoms with Crippen LogP contribution in [0.4, 0.5) is 0 Å². The molecule has 1 fully saturated rings. The number of carbonyl (C=O) groups excluding carboxylic acids is 2. The molecule has 10 nitrogen and oxygen atoms in total. The van der Waals surface area contributed by atoms with E-state index in [1.54, 1.807) is 10.9 Å². The number of aromatic nitrogens is 5. The normalized spacial score (nSPS) is 15.9. The molecule has 0 aliphatic carbocycles. The zero-order valence-corrected chi connectivity index (χ0v) is 19.4. The second-order valence-electron chi connectivity index (χ2n) is 8.81. The van der Waals surface area contributed by atoms with Gasteiger partial charge in [-0.25, -0.2) is 4.79 Å². The average molecular weight is 462 g/mol. The van der Waals surface area contributed by atoms with Crippen LogP contribution in [0.3, 0.4) is 0 Å². The van der Waals surface area contributed by atoms with Gasteiger partial charge in [0.15, 0.2) is 0 Å². The summed E-state index contributed by atoms with van der Waals surface area (Å²) in [5.41, 5.74) is 6.62. The minimum Gasteiger partial charge on any atom is -0.457 e. The fourth-order valence-electron chi connectivity index (χ4n) is 4.60. The fraction of sp³-hybridized carbons (Fsp3) is 0.417. The fourth-order valence-corrected chi connectivity index (χ4v) is 4.60. The highest BCUT2D eigenvalue weighted by atomic mass is 16.5. The number of hydrogen-bond donors (Lipinski definition) is 0. The summed E-state index contributed by atoms with van der Waals surface area (Å²) in [7, 11) is 0. The number of esters is 1. The van der Waals surface area contributed by atoms with Gasteiger partial charge in [0, 0.05) is 38.3 Å². The van der Waals surface area contributed by atoms with Crippen LogP contribution < -0.4 is 0 Å². The Kier molecular flexibility index (Phi) is 6.06. The summed E-state index contributed by atoms with van der Waals surface area (Å²) < 4.78 is 6.70. The number of pyridine rings is 1. The van der Waals surface area contributed by atoms with Gasteiger partial charge in [-0.05, 0) is 59.5 Å². The number of amides is 1. The molecule has 3 aromatic rings. The van der Waals surface area contributed by atoms with Gasteiger partial charge in [-0.3, -0.25) is 14.7 Å². The molecule has 1 aromatic carbocycles. The van der Waals surface area contributed by atoms with Crippen molar-refractivity contribution < 1.29 is 14.3 Å². The third kappa shape index (κ3) is 4.41. The number of tetrazole rings is 1. The lowest BCUT2D eigenvalue weighted by atomic mass is 9.96. The van der Waals surface area contributed by atoms with Crippen LogP contribution in [0.1, 0.15) is 38.3 Å². The highest BCUT2D eigenvalue weighted by molar-refractivity contribution is 5.93. The first-order valence-electron chi connectivity index (χ1n) is 11.5. The van der Waals surface area contributed by atoms with E-state index in [2.05, 4.69) is 32.3 Å². The zero-order valence-electron chi connectivity index (χ0n) is 19.4. The summed E-state index contributed by atoms with van der Waals surface area (Å²) in [5.74, 6) is -0.121. The lowest BCUT2D eigenvalue weighted by Crippen LogP contribution is -2.49. The maximum atomic E-state index is 12.9. The quantitative estimate of drug-likeness (QED) is 0.506. The van der Waals surface area contributed by atoms with Crippen molar-refractivity contribution in [2.24, 2.45) is 0 Å². The van der Waals surface area contributed by atoms with Crippen molar-refractivity contribution in [1.29, 1.82) is 0 Å². The summed E-state index contributed by atoms with van der Waals surface area (Å²) in [6, 6.07) is 5.86. The predicted molar refractivity (Wildman–Crippen MR) is 122 cm³/mol. The molecule has 0 atom stereocenters. The summed E-state index contributed by atoms with van der Waals surface area (Å²) in [6.07, 6.45) is 4.41. The number of nitrogens with zero attached hydrogens (tertiary/aromatic N) is 7. The smallest absolute Gasteiger partial charge is 0.338 e. The molecule has 0 saturated carbocycles. The van der Waals surface area contributed by atoms with Gasteiger partial charge < -0.3 is 9.64 Å². The number of carbonyl (C=O) groups is 2. The van der Waals surface area contributed by atoms with Crippen molar-refractivity contribution >= 4 is 11.9 Å². The maximum Gasteiger partial charge on any atom is 0.338 e. The van der Waals surface area contributed by atoms with Gasteiger partial charge in [0.2, 0.25) is 5.91 Å². The highest BCUT2D eigenvalue weighted by Gasteiger charge is 2.25. The Morgan fingerprint density at radius 2 is 1.97 bits per heavy atom. The SMILES string of the molecule is Cc1cc(-n2cnnn2)cnc1CC(=O)N1CCN(CCc2ccc3c(c2C)COC3=O)CC1. The Balaban J connectivity index is 1.12. The maximum absolute atomic E-state index is 12.9. The van der Waals surface area contributed by atoms with Gasteiger partial charge in [0.1, 0.15) is 12.9 Å². The first kappa shape index (κ1) is 22.1. The van der Waals surface area contributed by atoms with E-state index in [-0.39, 0.29) is 18.3 Å². The van der Waals surface area contributed by atoms with Gasteiger partial charge in [-0.1, -0.05) is 6.07 Å². The largest absolute Gasteiger partial charge is 0.457 e. The van der Waals surface area contributed by atoms with Crippen LogP contribution in [0.5, 0.6) is 0 Å². The molecule has 34 heavy (non-hydrogen) atoms. The number of piperazine rings is 1. The minimum absolute atomic E-state index is 0.101. The van der Waals surface area contributed by atoms with Crippen LogP contribution in [0.15, 0.2) is 30.7 Å². The van der Waals surface area contributed by atoms with Crippen LogP contribution in [-0.2, 0) is 29.0 Å². The van der Waals surface area contributed by atoms with E-state index in [1.807, 2.05) is 30.0 Å². The zero-order chi connectivity index (χ0) is 23.7. The Morgan fingerprint density at radius 1 is 1.15 bits per heavy atom. The number of fused-ring (bicyclic) bond motifs is 1. The number of benzene rings is 1. The molecule has 10 heteroatoms.